The average Bonchev–Trinajstić information content (AvgIpc) is 2.63. The van der Waals surface area contributed by atoms with E-state index in [9.17, 15) is 15.0 Å². The zero-order valence-electron chi connectivity index (χ0n) is 15.5. The summed E-state index contributed by atoms with van der Waals surface area (Å²) in [6, 6.07) is 16.8. The lowest BCUT2D eigenvalue weighted by molar-refractivity contribution is -0.153. The zero-order valence-corrected chi connectivity index (χ0v) is 16.3. The Bertz CT molecular complexity index is 854. The number of rotatable bonds is 3. The smallest absolute Gasteiger partial charge is 0.311 e. The van der Waals surface area contributed by atoms with Crippen molar-refractivity contribution in [3.63, 3.8) is 0 Å². The highest BCUT2D eigenvalue weighted by molar-refractivity contribution is 8.01. The van der Waals surface area contributed by atoms with Gasteiger partial charge in [-0.2, -0.15) is 0 Å². The molecule has 2 bridgehead atoms. The fourth-order valence-electron chi connectivity index (χ4n) is 4.68. The lowest BCUT2D eigenvalue weighted by Crippen LogP contribution is -2.59. The minimum Gasteiger partial charge on any atom is -0.481 e. The highest BCUT2D eigenvalue weighted by Gasteiger charge is 2.61. The SMILES string of the molecule is CC12S[C@H]([C@@H](O)C(C)(C)C(=O)O)C(C)(c3ccccc31)c1ccccc12. The molecule has 2 heterocycles. The van der Waals surface area contributed by atoms with Crippen molar-refractivity contribution in [2.45, 2.75) is 49.2 Å². The van der Waals surface area contributed by atoms with E-state index in [1.54, 1.807) is 25.6 Å². The van der Waals surface area contributed by atoms with Crippen LogP contribution in [0.4, 0.5) is 0 Å². The molecule has 2 atom stereocenters. The number of aliphatic carboxylic acids is 1. The molecule has 0 unspecified atom stereocenters. The van der Waals surface area contributed by atoms with Crippen molar-refractivity contribution in [2.24, 2.45) is 5.41 Å². The predicted octanol–water partition coefficient (Wildman–Crippen LogP) is 4.16. The molecule has 3 nitrogen and oxygen atoms in total. The number of benzene rings is 2. The molecule has 3 aliphatic rings. The van der Waals surface area contributed by atoms with Gasteiger partial charge >= 0.3 is 5.97 Å². The summed E-state index contributed by atoms with van der Waals surface area (Å²) < 4.78 is -0.300. The fraction of sp³-hybridized carbons (Fsp3) is 0.409. The maximum atomic E-state index is 11.8. The molecule has 136 valence electrons. The highest BCUT2D eigenvalue weighted by Crippen LogP contribution is 2.66. The van der Waals surface area contributed by atoms with Crippen LogP contribution in [0, 0.1) is 5.41 Å². The molecule has 2 aliphatic heterocycles. The van der Waals surface area contributed by atoms with Crippen molar-refractivity contribution in [1.82, 2.24) is 0 Å². The number of carboxylic acid groups (broad SMARTS) is 1. The summed E-state index contributed by atoms with van der Waals surface area (Å²) in [6.45, 7) is 7.59. The topological polar surface area (TPSA) is 57.5 Å². The molecule has 0 saturated heterocycles. The minimum absolute atomic E-state index is 0.247. The van der Waals surface area contributed by atoms with Gasteiger partial charge in [-0.05, 0) is 43.0 Å². The fourth-order valence-corrected chi connectivity index (χ4v) is 6.76. The van der Waals surface area contributed by atoms with Gasteiger partial charge in [-0.25, -0.2) is 0 Å². The van der Waals surface area contributed by atoms with Gasteiger partial charge < -0.3 is 10.2 Å². The number of carboxylic acids is 1. The molecule has 4 heteroatoms. The second-order valence-electron chi connectivity index (χ2n) is 8.34. The van der Waals surface area contributed by atoms with Crippen LogP contribution >= 0.6 is 11.8 Å². The normalized spacial score (nSPS) is 30.4. The summed E-state index contributed by atoms with van der Waals surface area (Å²) in [5.74, 6) is -0.970. The molecule has 2 N–H and O–H groups in total. The minimum atomic E-state index is -1.22. The quantitative estimate of drug-likeness (QED) is 0.854. The van der Waals surface area contributed by atoms with Gasteiger partial charge in [-0.3, -0.25) is 4.79 Å². The molecule has 2 aromatic rings. The Kier molecular flexibility index (Phi) is 3.64. The van der Waals surface area contributed by atoms with Crippen molar-refractivity contribution in [3.05, 3.63) is 70.8 Å². The number of carbonyl (C=O) groups is 1. The van der Waals surface area contributed by atoms with E-state index in [1.807, 2.05) is 12.1 Å². The van der Waals surface area contributed by atoms with Crippen LogP contribution in [0.25, 0.3) is 0 Å². The largest absolute Gasteiger partial charge is 0.481 e. The van der Waals surface area contributed by atoms with Gasteiger partial charge in [-0.1, -0.05) is 55.5 Å². The first-order chi connectivity index (χ1) is 12.1. The van der Waals surface area contributed by atoms with Crippen molar-refractivity contribution in [3.8, 4) is 0 Å². The molecular weight excluding hydrogens is 344 g/mol. The summed E-state index contributed by atoms with van der Waals surface area (Å²) >= 11 is 1.71. The second-order valence-corrected chi connectivity index (χ2v) is 9.90. The lowest BCUT2D eigenvalue weighted by Gasteiger charge is -2.58. The number of hydrogen-bond acceptors (Lipinski definition) is 3. The summed E-state index contributed by atoms with van der Waals surface area (Å²) in [6.07, 6.45) is -0.976. The number of aliphatic hydroxyl groups is 1. The summed E-state index contributed by atoms with van der Waals surface area (Å²) in [7, 11) is 0. The Morgan fingerprint density at radius 2 is 1.42 bits per heavy atom. The Labute approximate surface area is 158 Å². The first kappa shape index (κ1) is 17.6. The molecule has 0 spiro atoms. The van der Waals surface area contributed by atoms with Crippen LogP contribution in [0.1, 0.15) is 49.9 Å². The van der Waals surface area contributed by atoms with Crippen LogP contribution in [-0.2, 0) is 15.0 Å². The van der Waals surface area contributed by atoms with E-state index in [0.29, 0.717) is 0 Å². The van der Waals surface area contributed by atoms with Crippen LogP contribution in [0.5, 0.6) is 0 Å². The third-order valence-corrected chi connectivity index (χ3v) is 8.40. The third-order valence-electron chi connectivity index (χ3n) is 6.51. The molecule has 0 amide bonds. The Morgan fingerprint density at radius 3 is 1.85 bits per heavy atom. The molecule has 0 saturated carbocycles. The van der Waals surface area contributed by atoms with Crippen LogP contribution in [0.3, 0.4) is 0 Å². The van der Waals surface area contributed by atoms with Gasteiger partial charge in [0.1, 0.15) is 0 Å². The molecule has 0 aromatic heterocycles. The van der Waals surface area contributed by atoms with E-state index in [0.717, 1.165) is 0 Å². The second kappa shape index (κ2) is 5.37. The van der Waals surface area contributed by atoms with E-state index in [-0.39, 0.29) is 10.00 Å². The van der Waals surface area contributed by atoms with E-state index in [2.05, 4.69) is 50.2 Å². The Balaban J connectivity index is 2.00. The average molecular weight is 368 g/mol. The lowest BCUT2D eigenvalue weighted by atomic mass is 9.59. The molecule has 2 aromatic carbocycles. The monoisotopic (exact) mass is 368 g/mol. The van der Waals surface area contributed by atoms with E-state index >= 15 is 0 Å². The number of hydrogen-bond donors (Lipinski definition) is 2. The number of fused-ring (bicyclic) bond motifs is 1. The number of aliphatic hydroxyl groups excluding tert-OH is 1. The van der Waals surface area contributed by atoms with Crippen molar-refractivity contribution >= 4 is 17.7 Å². The Hall–Kier alpha value is -1.78. The third kappa shape index (κ3) is 1.97. The Morgan fingerprint density at radius 1 is 1.00 bits per heavy atom. The molecule has 26 heavy (non-hydrogen) atoms. The van der Waals surface area contributed by atoms with Crippen LogP contribution in [0.15, 0.2) is 48.5 Å². The van der Waals surface area contributed by atoms with E-state index < -0.39 is 22.9 Å². The van der Waals surface area contributed by atoms with Gasteiger partial charge in [0.2, 0.25) is 0 Å². The van der Waals surface area contributed by atoms with Gasteiger partial charge in [0.05, 0.1) is 16.3 Å². The standard InChI is InChI=1S/C22H24O3S/c1-20(2,19(24)25)17(23)18-21(3)13-9-5-7-11-15(13)22(4,26-18)16-12-8-6-10-14(16)21/h5-12,17-18,23H,1-4H3,(H,24,25)/t17-,18-,21?,22?/m1/s1. The first-order valence-corrected chi connectivity index (χ1v) is 9.82. The zero-order chi connectivity index (χ0) is 18.9. The summed E-state index contributed by atoms with van der Waals surface area (Å²) in [5, 5.41) is 20.7. The first-order valence-electron chi connectivity index (χ1n) is 8.94. The van der Waals surface area contributed by atoms with Gasteiger partial charge in [0.15, 0.2) is 0 Å². The van der Waals surface area contributed by atoms with Crippen LogP contribution in [-0.4, -0.2) is 27.5 Å². The van der Waals surface area contributed by atoms with E-state index in [4.69, 9.17) is 0 Å². The van der Waals surface area contributed by atoms with Gasteiger partial charge in [0, 0.05) is 10.7 Å². The molecule has 0 radical (unpaired) electrons. The summed E-state index contributed by atoms with van der Waals surface area (Å²) in [4.78, 5) is 11.8. The van der Waals surface area contributed by atoms with Crippen molar-refractivity contribution < 1.29 is 15.0 Å². The molecule has 0 fully saturated rings. The van der Waals surface area contributed by atoms with Crippen molar-refractivity contribution in [1.29, 1.82) is 0 Å². The summed E-state index contributed by atoms with van der Waals surface area (Å²) in [5.41, 5.74) is 3.26. The van der Waals surface area contributed by atoms with Crippen molar-refractivity contribution in [2.75, 3.05) is 0 Å². The molecule has 1 aliphatic carbocycles. The van der Waals surface area contributed by atoms with E-state index in [1.165, 1.54) is 22.3 Å². The maximum absolute atomic E-state index is 11.8. The van der Waals surface area contributed by atoms with Crippen LogP contribution < -0.4 is 0 Å². The van der Waals surface area contributed by atoms with Gasteiger partial charge in [0.25, 0.3) is 0 Å². The molecular formula is C22H24O3S. The number of thioether (sulfide) groups is 1. The highest BCUT2D eigenvalue weighted by atomic mass is 32.2. The van der Waals surface area contributed by atoms with Crippen LogP contribution in [0.2, 0.25) is 0 Å². The predicted molar refractivity (Wildman–Crippen MR) is 105 cm³/mol. The molecule has 5 rings (SSSR count). The van der Waals surface area contributed by atoms with Gasteiger partial charge in [-0.15, -0.1) is 11.8 Å². The maximum Gasteiger partial charge on any atom is 0.311 e.